The number of carbonyl (C=O) groups is 1. The summed E-state index contributed by atoms with van der Waals surface area (Å²) in [7, 11) is 0. The number of carbonyl (C=O) groups excluding carboxylic acids is 1. The molecule has 1 heterocycles. The molecule has 0 fully saturated rings. The van der Waals surface area contributed by atoms with Crippen molar-refractivity contribution in [3.63, 3.8) is 0 Å². The summed E-state index contributed by atoms with van der Waals surface area (Å²) >= 11 is 0. The van der Waals surface area contributed by atoms with Gasteiger partial charge in [-0.2, -0.15) is 0 Å². The molecule has 0 unspecified atom stereocenters. The van der Waals surface area contributed by atoms with Crippen LogP contribution in [0.4, 0.5) is 0 Å². The molecule has 2 N–H and O–H groups in total. The maximum atomic E-state index is 11.9. The minimum absolute atomic E-state index is 0.424. The number of benzene rings is 2. The molecule has 3 heteroatoms. The van der Waals surface area contributed by atoms with Gasteiger partial charge < -0.3 is 5.73 Å². The summed E-state index contributed by atoms with van der Waals surface area (Å²) in [4.78, 5) is 16.7. The molecule has 2 aromatic carbocycles. The zero-order chi connectivity index (χ0) is 15.9. The van der Waals surface area contributed by atoms with E-state index in [1.807, 2.05) is 51.1 Å². The van der Waals surface area contributed by atoms with Gasteiger partial charge in [0, 0.05) is 10.9 Å². The number of hydrogen-bond acceptors (Lipinski definition) is 2. The van der Waals surface area contributed by atoms with Crippen LogP contribution in [0.15, 0.2) is 42.5 Å². The lowest BCUT2D eigenvalue weighted by molar-refractivity contribution is 0.100. The Labute approximate surface area is 129 Å². The van der Waals surface area contributed by atoms with E-state index < -0.39 is 5.91 Å². The number of pyridine rings is 1. The van der Waals surface area contributed by atoms with Gasteiger partial charge in [0.1, 0.15) is 0 Å². The van der Waals surface area contributed by atoms with Gasteiger partial charge in [0.25, 0.3) is 0 Å². The largest absolute Gasteiger partial charge is 0.366 e. The van der Waals surface area contributed by atoms with E-state index in [9.17, 15) is 4.79 Å². The van der Waals surface area contributed by atoms with Crippen molar-refractivity contribution < 1.29 is 4.79 Å². The zero-order valence-electron chi connectivity index (χ0n) is 13.0. The molecular weight excluding hydrogens is 272 g/mol. The van der Waals surface area contributed by atoms with E-state index in [0.717, 1.165) is 38.9 Å². The van der Waals surface area contributed by atoms with Crippen LogP contribution in [-0.4, -0.2) is 10.9 Å². The Kier molecular flexibility index (Phi) is 3.41. The van der Waals surface area contributed by atoms with Gasteiger partial charge in [0.15, 0.2) is 0 Å². The topological polar surface area (TPSA) is 56.0 Å². The molecule has 0 saturated heterocycles. The predicted octanol–water partition coefficient (Wildman–Crippen LogP) is 3.93. The third-order valence-corrected chi connectivity index (χ3v) is 3.93. The van der Waals surface area contributed by atoms with E-state index in [0.29, 0.717) is 5.56 Å². The highest BCUT2D eigenvalue weighted by Crippen LogP contribution is 2.29. The second kappa shape index (κ2) is 5.26. The summed E-state index contributed by atoms with van der Waals surface area (Å²) in [5, 5.41) is 0.822. The maximum Gasteiger partial charge on any atom is 0.249 e. The summed E-state index contributed by atoms with van der Waals surface area (Å²) in [6.45, 7) is 6.05. The fourth-order valence-electron chi connectivity index (χ4n) is 2.88. The number of amides is 1. The van der Waals surface area contributed by atoms with Crippen molar-refractivity contribution in [2.45, 2.75) is 20.8 Å². The Balaban J connectivity index is 2.40. The van der Waals surface area contributed by atoms with Crippen molar-refractivity contribution in [1.82, 2.24) is 4.98 Å². The van der Waals surface area contributed by atoms with Crippen molar-refractivity contribution in [3.05, 3.63) is 64.7 Å². The first-order valence-electron chi connectivity index (χ1n) is 7.25. The van der Waals surface area contributed by atoms with Gasteiger partial charge in [-0.05, 0) is 44.0 Å². The SMILES string of the molecule is Cc1cc(C)c2nc(-c3ccccc3C)cc(C(N)=O)c2c1. The number of primary amides is 1. The molecule has 3 rings (SSSR count). The van der Waals surface area contributed by atoms with Crippen LogP contribution in [0.5, 0.6) is 0 Å². The number of rotatable bonds is 2. The van der Waals surface area contributed by atoms with Gasteiger partial charge in [0.05, 0.1) is 16.8 Å². The highest BCUT2D eigenvalue weighted by molar-refractivity contribution is 6.07. The van der Waals surface area contributed by atoms with E-state index in [2.05, 4.69) is 6.07 Å². The van der Waals surface area contributed by atoms with Crippen LogP contribution in [0.3, 0.4) is 0 Å². The van der Waals surface area contributed by atoms with Gasteiger partial charge in [-0.1, -0.05) is 35.9 Å². The van der Waals surface area contributed by atoms with Gasteiger partial charge in [-0.25, -0.2) is 4.98 Å². The van der Waals surface area contributed by atoms with Gasteiger partial charge in [-0.15, -0.1) is 0 Å². The lowest BCUT2D eigenvalue weighted by atomic mass is 9.98. The molecule has 0 aliphatic heterocycles. The lowest BCUT2D eigenvalue weighted by Crippen LogP contribution is -2.12. The highest BCUT2D eigenvalue weighted by atomic mass is 16.1. The zero-order valence-corrected chi connectivity index (χ0v) is 13.0. The molecule has 22 heavy (non-hydrogen) atoms. The predicted molar refractivity (Wildman–Crippen MR) is 89.9 cm³/mol. The normalized spacial score (nSPS) is 10.9. The quantitative estimate of drug-likeness (QED) is 0.777. The first kappa shape index (κ1) is 14.3. The molecule has 0 radical (unpaired) electrons. The minimum Gasteiger partial charge on any atom is -0.366 e. The summed E-state index contributed by atoms with van der Waals surface area (Å²) in [5.74, 6) is -0.424. The molecule has 1 aromatic heterocycles. The Hall–Kier alpha value is -2.68. The number of aryl methyl sites for hydroxylation is 3. The second-order valence-electron chi connectivity index (χ2n) is 5.71. The number of nitrogens with two attached hydrogens (primary N) is 1. The Bertz CT molecular complexity index is 897. The molecule has 0 saturated carbocycles. The van der Waals surface area contributed by atoms with E-state index in [4.69, 9.17) is 10.7 Å². The van der Waals surface area contributed by atoms with Crippen LogP contribution < -0.4 is 5.73 Å². The van der Waals surface area contributed by atoms with Crippen molar-refractivity contribution in [2.75, 3.05) is 0 Å². The Morgan fingerprint density at radius 1 is 1.00 bits per heavy atom. The van der Waals surface area contributed by atoms with E-state index in [-0.39, 0.29) is 0 Å². The van der Waals surface area contributed by atoms with Crippen LogP contribution in [0, 0.1) is 20.8 Å². The standard InChI is InChI=1S/C19H18N2O/c1-11-8-13(3)18-15(9-11)16(19(20)22)10-17(21-18)14-7-5-4-6-12(14)2/h4-10H,1-3H3,(H2,20,22). The van der Waals surface area contributed by atoms with Crippen LogP contribution >= 0.6 is 0 Å². The van der Waals surface area contributed by atoms with Crippen LogP contribution in [0.25, 0.3) is 22.2 Å². The van der Waals surface area contributed by atoms with E-state index in [1.54, 1.807) is 6.07 Å². The first-order valence-corrected chi connectivity index (χ1v) is 7.25. The monoisotopic (exact) mass is 290 g/mol. The van der Waals surface area contributed by atoms with Gasteiger partial charge >= 0.3 is 0 Å². The average Bonchev–Trinajstić information content (AvgIpc) is 2.46. The van der Waals surface area contributed by atoms with Gasteiger partial charge in [0.2, 0.25) is 5.91 Å². The third kappa shape index (κ3) is 2.35. The molecule has 0 aliphatic rings. The van der Waals surface area contributed by atoms with E-state index in [1.165, 1.54) is 0 Å². The van der Waals surface area contributed by atoms with Crippen LogP contribution in [-0.2, 0) is 0 Å². The summed E-state index contributed by atoms with van der Waals surface area (Å²) in [6, 6.07) is 13.8. The molecule has 0 atom stereocenters. The Morgan fingerprint density at radius 3 is 2.41 bits per heavy atom. The second-order valence-corrected chi connectivity index (χ2v) is 5.71. The molecule has 3 nitrogen and oxygen atoms in total. The van der Waals surface area contributed by atoms with Crippen molar-refractivity contribution >= 4 is 16.8 Å². The third-order valence-electron chi connectivity index (χ3n) is 3.93. The number of nitrogens with zero attached hydrogens (tertiary/aromatic N) is 1. The summed E-state index contributed by atoms with van der Waals surface area (Å²) in [5.41, 5.74) is 12.0. The van der Waals surface area contributed by atoms with Crippen LogP contribution in [0.1, 0.15) is 27.0 Å². The fraction of sp³-hybridized carbons (Fsp3) is 0.158. The smallest absolute Gasteiger partial charge is 0.249 e. The van der Waals surface area contributed by atoms with Crippen LogP contribution in [0.2, 0.25) is 0 Å². The molecule has 0 bridgehead atoms. The number of hydrogen-bond donors (Lipinski definition) is 1. The van der Waals surface area contributed by atoms with Gasteiger partial charge in [-0.3, -0.25) is 4.79 Å². The van der Waals surface area contributed by atoms with E-state index >= 15 is 0 Å². The van der Waals surface area contributed by atoms with Crippen molar-refractivity contribution in [1.29, 1.82) is 0 Å². The molecule has 1 amide bonds. The molecule has 0 aliphatic carbocycles. The average molecular weight is 290 g/mol. The number of aromatic nitrogens is 1. The lowest BCUT2D eigenvalue weighted by Gasteiger charge is -2.12. The molecule has 3 aromatic rings. The molecule has 0 spiro atoms. The van der Waals surface area contributed by atoms with Crippen molar-refractivity contribution in [2.24, 2.45) is 5.73 Å². The molecule has 110 valence electrons. The van der Waals surface area contributed by atoms with Crippen molar-refractivity contribution in [3.8, 4) is 11.3 Å². The summed E-state index contributed by atoms with van der Waals surface area (Å²) in [6.07, 6.45) is 0. The first-order chi connectivity index (χ1) is 10.5. The Morgan fingerprint density at radius 2 is 1.73 bits per heavy atom. The summed E-state index contributed by atoms with van der Waals surface area (Å²) < 4.78 is 0. The molecular formula is C19H18N2O. The number of fused-ring (bicyclic) bond motifs is 1. The fourth-order valence-corrected chi connectivity index (χ4v) is 2.88. The maximum absolute atomic E-state index is 11.9. The minimum atomic E-state index is -0.424. The highest BCUT2D eigenvalue weighted by Gasteiger charge is 2.14.